The lowest BCUT2D eigenvalue weighted by molar-refractivity contribution is -0.142. The summed E-state index contributed by atoms with van der Waals surface area (Å²) in [6.07, 6.45) is 0.699. The SMILES string of the molecule is Cc1ccc(S(=O)(=O)N2CCC[C@H]2C(=O)N[C@@H](Cc2ccc(N(C(=O)OC(C)(C)C)C(=O)C3(c4ccccc4)CCNCC3)cc2)C(=O)O)cc1. The number of aliphatic carboxylic acids is 1. The van der Waals surface area contributed by atoms with Gasteiger partial charge in [-0.15, -0.1) is 0 Å². The van der Waals surface area contributed by atoms with Gasteiger partial charge in [-0.1, -0.05) is 60.2 Å². The predicted molar refractivity (Wildman–Crippen MR) is 192 cm³/mol. The quantitative estimate of drug-likeness (QED) is 0.273. The number of ether oxygens (including phenoxy) is 1. The van der Waals surface area contributed by atoms with Gasteiger partial charge in [0.15, 0.2) is 0 Å². The number of benzene rings is 3. The fraction of sp³-hybridized carbons (Fsp3) is 0.421. The van der Waals surface area contributed by atoms with E-state index in [1.165, 1.54) is 12.1 Å². The molecule has 2 aliphatic heterocycles. The van der Waals surface area contributed by atoms with Gasteiger partial charge in [-0.2, -0.15) is 4.31 Å². The fourth-order valence-corrected chi connectivity index (χ4v) is 8.34. The first kappa shape index (κ1) is 37.7. The molecule has 2 saturated heterocycles. The van der Waals surface area contributed by atoms with E-state index in [9.17, 15) is 32.7 Å². The van der Waals surface area contributed by atoms with Gasteiger partial charge in [-0.25, -0.2) is 22.9 Å². The van der Waals surface area contributed by atoms with E-state index in [0.717, 1.165) is 20.3 Å². The van der Waals surface area contributed by atoms with Crippen LogP contribution >= 0.6 is 0 Å². The van der Waals surface area contributed by atoms with E-state index in [1.807, 2.05) is 37.3 Å². The zero-order chi connectivity index (χ0) is 37.0. The topological polar surface area (TPSA) is 162 Å². The molecule has 3 aromatic carbocycles. The van der Waals surface area contributed by atoms with Crippen molar-refractivity contribution in [2.45, 2.75) is 87.8 Å². The molecule has 5 rings (SSSR count). The van der Waals surface area contributed by atoms with Gasteiger partial charge in [0.05, 0.1) is 16.0 Å². The number of piperidine rings is 1. The summed E-state index contributed by atoms with van der Waals surface area (Å²) in [5.74, 6) is -2.41. The van der Waals surface area contributed by atoms with Crippen LogP contribution < -0.4 is 15.5 Å². The molecular formula is C38H46N4O8S. The molecule has 3 aromatic rings. The number of carboxylic acid groups (broad SMARTS) is 1. The number of imide groups is 1. The zero-order valence-electron chi connectivity index (χ0n) is 29.4. The predicted octanol–water partition coefficient (Wildman–Crippen LogP) is 4.55. The van der Waals surface area contributed by atoms with Crippen LogP contribution in [-0.4, -0.2) is 79.0 Å². The molecule has 12 nitrogen and oxygen atoms in total. The van der Waals surface area contributed by atoms with Crippen LogP contribution in [0.1, 0.15) is 63.1 Å². The summed E-state index contributed by atoms with van der Waals surface area (Å²) in [5, 5.41) is 15.9. The standard InChI is InChI=1S/C38H46N4O8S/c1-26-12-18-30(19-13-26)51(48,49)41-24-8-11-32(41)33(43)40-31(34(44)45)25-27-14-16-29(17-15-27)42(36(47)50-37(2,3)4)35(46)38(20-22-39-23-21-38)28-9-6-5-7-10-28/h5-7,9-10,12-19,31-32,39H,8,11,20-25H2,1-4H3,(H,40,43)(H,44,45)/t31-,32-/m0/s1. The number of carbonyl (C=O) groups excluding carboxylic acids is 3. The first-order chi connectivity index (χ1) is 24.1. The summed E-state index contributed by atoms with van der Waals surface area (Å²) in [7, 11) is -3.98. The van der Waals surface area contributed by atoms with Gasteiger partial charge in [0.2, 0.25) is 21.8 Å². The highest BCUT2D eigenvalue weighted by molar-refractivity contribution is 7.89. The molecular weight excluding hydrogens is 673 g/mol. The number of anilines is 1. The Hall–Kier alpha value is -4.59. The highest BCUT2D eigenvalue weighted by Gasteiger charge is 2.47. The van der Waals surface area contributed by atoms with E-state index in [0.29, 0.717) is 37.9 Å². The molecule has 2 aliphatic rings. The minimum atomic E-state index is -3.98. The van der Waals surface area contributed by atoms with Crippen LogP contribution in [0.4, 0.5) is 10.5 Å². The molecule has 51 heavy (non-hydrogen) atoms. The first-order valence-corrected chi connectivity index (χ1v) is 18.6. The van der Waals surface area contributed by atoms with Gasteiger partial charge in [-0.3, -0.25) is 9.59 Å². The van der Waals surface area contributed by atoms with Crippen LogP contribution in [-0.2, 0) is 41.0 Å². The third kappa shape index (κ3) is 8.49. The molecule has 2 fully saturated rings. The molecule has 0 spiro atoms. The molecule has 272 valence electrons. The molecule has 0 unspecified atom stereocenters. The van der Waals surface area contributed by atoms with Crippen molar-refractivity contribution in [3.05, 3.63) is 95.6 Å². The molecule has 0 radical (unpaired) electrons. The van der Waals surface area contributed by atoms with E-state index in [1.54, 1.807) is 57.2 Å². The van der Waals surface area contributed by atoms with Crippen LogP contribution in [0.2, 0.25) is 0 Å². The molecule has 0 aliphatic carbocycles. The maximum atomic E-state index is 14.6. The Balaban J connectivity index is 1.37. The molecule has 3 N–H and O–H groups in total. The van der Waals surface area contributed by atoms with Crippen LogP contribution in [0.15, 0.2) is 83.8 Å². The van der Waals surface area contributed by atoms with Gasteiger partial charge in [0.25, 0.3) is 0 Å². The van der Waals surface area contributed by atoms with Crippen LogP contribution in [0.5, 0.6) is 0 Å². The Labute approximate surface area is 299 Å². The second-order valence-corrected chi connectivity index (χ2v) is 16.1. The molecule has 2 heterocycles. The Morgan fingerprint density at radius 3 is 2.20 bits per heavy atom. The van der Waals surface area contributed by atoms with Crippen LogP contribution in [0, 0.1) is 6.92 Å². The molecule has 3 amide bonds. The smallest absolute Gasteiger partial charge is 0.421 e. The van der Waals surface area contributed by atoms with Crippen molar-refractivity contribution in [1.82, 2.24) is 14.9 Å². The van der Waals surface area contributed by atoms with E-state index in [-0.39, 0.29) is 30.0 Å². The van der Waals surface area contributed by atoms with Gasteiger partial charge >= 0.3 is 12.1 Å². The van der Waals surface area contributed by atoms with Crippen molar-refractivity contribution < 1.29 is 37.4 Å². The van der Waals surface area contributed by atoms with E-state index >= 15 is 0 Å². The lowest BCUT2D eigenvalue weighted by Crippen LogP contribution is -2.54. The zero-order valence-corrected chi connectivity index (χ0v) is 30.2. The number of hydrogen-bond donors (Lipinski definition) is 3. The average molecular weight is 719 g/mol. The van der Waals surface area contributed by atoms with Crippen molar-refractivity contribution in [2.75, 3.05) is 24.5 Å². The third-order valence-electron chi connectivity index (χ3n) is 9.35. The Kier molecular flexibility index (Phi) is 11.3. The highest BCUT2D eigenvalue weighted by Crippen LogP contribution is 2.38. The summed E-state index contributed by atoms with van der Waals surface area (Å²) >= 11 is 0. The summed E-state index contributed by atoms with van der Waals surface area (Å²) < 4.78 is 33.6. The number of nitrogens with zero attached hydrogens (tertiary/aromatic N) is 2. The monoisotopic (exact) mass is 718 g/mol. The van der Waals surface area contributed by atoms with E-state index < -0.39 is 57.0 Å². The normalized spacial score (nSPS) is 18.4. The van der Waals surface area contributed by atoms with Gasteiger partial charge in [0.1, 0.15) is 17.7 Å². The third-order valence-corrected chi connectivity index (χ3v) is 11.3. The molecule has 2 atom stereocenters. The number of aryl methyl sites for hydroxylation is 1. The van der Waals surface area contributed by atoms with E-state index in [4.69, 9.17) is 4.74 Å². The molecule has 0 saturated carbocycles. The molecule has 13 heteroatoms. The minimum absolute atomic E-state index is 0.0661. The lowest BCUT2D eigenvalue weighted by Gasteiger charge is -2.40. The number of rotatable bonds is 10. The largest absolute Gasteiger partial charge is 0.480 e. The maximum Gasteiger partial charge on any atom is 0.421 e. The Morgan fingerprint density at radius 2 is 1.61 bits per heavy atom. The summed E-state index contributed by atoms with van der Waals surface area (Å²) in [5.41, 5.74) is 0.592. The van der Waals surface area contributed by atoms with Crippen molar-refractivity contribution >= 4 is 39.6 Å². The number of carboxylic acids is 1. The van der Waals surface area contributed by atoms with E-state index in [2.05, 4.69) is 10.6 Å². The molecule has 0 bridgehead atoms. The Morgan fingerprint density at radius 1 is 0.980 bits per heavy atom. The second-order valence-electron chi connectivity index (χ2n) is 14.2. The Bertz CT molecular complexity index is 1840. The van der Waals surface area contributed by atoms with Gasteiger partial charge < -0.3 is 20.5 Å². The number of sulfonamides is 1. The summed E-state index contributed by atoms with van der Waals surface area (Å²) in [6.45, 7) is 8.31. The average Bonchev–Trinajstić information content (AvgIpc) is 3.60. The van der Waals surface area contributed by atoms with Gasteiger partial charge in [0, 0.05) is 13.0 Å². The van der Waals surface area contributed by atoms with Crippen molar-refractivity contribution in [3.8, 4) is 0 Å². The number of hydrogen-bond acceptors (Lipinski definition) is 8. The fourth-order valence-electron chi connectivity index (χ4n) is 6.68. The van der Waals surface area contributed by atoms with Crippen LogP contribution in [0.3, 0.4) is 0 Å². The molecule has 0 aromatic heterocycles. The first-order valence-electron chi connectivity index (χ1n) is 17.2. The summed E-state index contributed by atoms with van der Waals surface area (Å²) in [4.78, 5) is 55.2. The number of amides is 3. The second kappa shape index (κ2) is 15.3. The van der Waals surface area contributed by atoms with Crippen LogP contribution in [0.25, 0.3) is 0 Å². The maximum absolute atomic E-state index is 14.6. The summed E-state index contributed by atoms with van der Waals surface area (Å²) in [6, 6.07) is 19.6. The lowest BCUT2D eigenvalue weighted by atomic mass is 9.72. The van der Waals surface area contributed by atoms with Gasteiger partial charge in [-0.05, 0) is 102 Å². The van der Waals surface area contributed by atoms with Crippen molar-refractivity contribution in [3.63, 3.8) is 0 Å². The number of nitrogens with one attached hydrogen (secondary N) is 2. The van der Waals surface area contributed by atoms with Crippen molar-refractivity contribution in [1.29, 1.82) is 0 Å². The van der Waals surface area contributed by atoms with Crippen molar-refractivity contribution in [2.24, 2.45) is 0 Å². The number of carbonyl (C=O) groups is 4. The minimum Gasteiger partial charge on any atom is -0.480 e. The highest BCUT2D eigenvalue weighted by atomic mass is 32.2.